The van der Waals surface area contributed by atoms with Crippen molar-refractivity contribution < 1.29 is 0 Å². The highest BCUT2D eigenvalue weighted by atomic mass is 15.1. The fourth-order valence-corrected chi connectivity index (χ4v) is 2.51. The third-order valence-corrected chi connectivity index (χ3v) is 4.20. The molecule has 1 aliphatic rings. The Hall–Kier alpha value is -1.36. The van der Waals surface area contributed by atoms with Crippen LogP contribution in [-0.2, 0) is 0 Å². The van der Waals surface area contributed by atoms with Gasteiger partial charge in [0.15, 0.2) is 0 Å². The van der Waals surface area contributed by atoms with Crippen LogP contribution in [0, 0.1) is 12.3 Å². The van der Waals surface area contributed by atoms with E-state index in [2.05, 4.69) is 39.5 Å². The van der Waals surface area contributed by atoms with Gasteiger partial charge < -0.3 is 15.5 Å². The predicted octanol–water partition coefficient (Wildman–Crippen LogP) is 1.97. The number of aromatic nitrogens is 2. The second kappa shape index (κ2) is 5.74. The monoisotopic (exact) mass is 263 g/mol. The van der Waals surface area contributed by atoms with Crippen LogP contribution in [0.1, 0.15) is 25.3 Å². The van der Waals surface area contributed by atoms with Crippen molar-refractivity contribution in [2.45, 2.75) is 26.7 Å². The summed E-state index contributed by atoms with van der Waals surface area (Å²) >= 11 is 0. The Labute approximate surface area is 115 Å². The molecule has 5 nitrogen and oxygen atoms in total. The van der Waals surface area contributed by atoms with Gasteiger partial charge in [0.1, 0.15) is 18.0 Å². The molecule has 0 atom stereocenters. The number of nitrogens with one attached hydrogen (secondary N) is 2. The van der Waals surface area contributed by atoms with Gasteiger partial charge in [-0.15, -0.1) is 0 Å². The highest BCUT2D eigenvalue weighted by Gasteiger charge is 2.28. The van der Waals surface area contributed by atoms with Crippen LogP contribution in [0.2, 0.25) is 0 Å². The molecule has 0 unspecified atom stereocenters. The van der Waals surface area contributed by atoms with Crippen molar-refractivity contribution in [2.24, 2.45) is 5.41 Å². The molecule has 106 valence electrons. The second-order valence-corrected chi connectivity index (χ2v) is 5.91. The molecule has 1 fully saturated rings. The van der Waals surface area contributed by atoms with E-state index in [1.54, 1.807) is 6.33 Å². The van der Waals surface area contributed by atoms with Crippen LogP contribution in [0.3, 0.4) is 0 Å². The molecule has 1 aliphatic heterocycles. The van der Waals surface area contributed by atoms with Crippen LogP contribution < -0.4 is 10.6 Å². The predicted molar refractivity (Wildman–Crippen MR) is 79.6 cm³/mol. The second-order valence-electron chi connectivity index (χ2n) is 5.91. The van der Waals surface area contributed by atoms with Crippen molar-refractivity contribution in [1.82, 2.24) is 14.9 Å². The summed E-state index contributed by atoms with van der Waals surface area (Å²) in [6, 6.07) is 0. The number of rotatable bonds is 4. The molecule has 1 aromatic rings. The molecular weight excluding hydrogens is 238 g/mol. The van der Waals surface area contributed by atoms with Crippen molar-refractivity contribution >= 4 is 11.6 Å². The lowest BCUT2D eigenvalue weighted by atomic mass is 9.80. The van der Waals surface area contributed by atoms with Gasteiger partial charge in [-0.2, -0.15) is 0 Å². The van der Waals surface area contributed by atoms with E-state index in [9.17, 15) is 0 Å². The molecule has 0 saturated carbocycles. The maximum absolute atomic E-state index is 4.34. The minimum absolute atomic E-state index is 0.365. The van der Waals surface area contributed by atoms with Gasteiger partial charge >= 0.3 is 0 Å². The van der Waals surface area contributed by atoms with Crippen LogP contribution in [0.5, 0.6) is 0 Å². The van der Waals surface area contributed by atoms with Crippen LogP contribution in [0.25, 0.3) is 0 Å². The normalized spacial score (nSPS) is 19.2. The van der Waals surface area contributed by atoms with Gasteiger partial charge in [-0.1, -0.05) is 6.92 Å². The summed E-state index contributed by atoms with van der Waals surface area (Å²) in [5.74, 6) is 1.84. The Morgan fingerprint density at radius 1 is 1.26 bits per heavy atom. The van der Waals surface area contributed by atoms with E-state index in [1.807, 2.05) is 14.0 Å². The third kappa shape index (κ3) is 3.35. The van der Waals surface area contributed by atoms with Crippen molar-refractivity contribution in [2.75, 3.05) is 44.4 Å². The highest BCUT2D eigenvalue weighted by Crippen LogP contribution is 2.31. The number of likely N-dealkylation sites (tertiary alicyclic amines) is 1. The highest BCUT2D eigenvalue weighted by molar-refractivity contribution is 5.56. The van der Waals surface area contributed by atoms with E-state index in [0.29, 0.717) is 5.41 Å². The van der Waals surface area contributed by atoms with E-state index in [4.69, 9.17) is 0 Å². The first-order chi connectivity index (χ1) is 9.04. The SMILES string of the molecule is CNc1ncnc(NCC2(C)CCN(C)CC2)c1C. The molecule has 2 N–H and O–H groups in total. The van der Waals surface area contributed by atoms with Gasteiger partial charge in [0, 0.05) is 19.2 Å². The fraction of sp³-hybridized carbons (Fsp3) is 0.714. The van der Waals surface area contributed by atoms with E-state index in [-0.39, 0.29) is 0 Å². The van der Waals surface area contributed by atoms with Gasteiger partial charge in [0.25, 0.3) is 0 Å². The molecular formula is C14H25N5. The Balaban J connectivity index is 1.99. The molecule has 1 aromatic heterocycles. The Morgan fingerprint density at radius 3 is 2.53 bits per heavy atom. The lowest BCUT2D eigenvalue weighted by Crippen LogP contribution is -2.40. The number of hydrogen-bond donors (Lipinski definition) is 2. The molecule has 19 heavy (non-hydrogen) atoms. The largest absolute Gasteiger partial charge is 0.373 e. The molecule has 0 spiro atoms. The van der Waals surface area contributed by atoms with E-state index in [0.717, 1.165) is 23.7 Å². The summed E-state index contributed by atoms with van der Waals surface area (Å²) in [7, 11) is 4.08. The maximum atomic E-state index is 4.34. The zero-order valence-electron chi connectivity index (χ0n) is 12.5. The summed E-state index contributed by atoms with van der Waals surface area (Å²) in [6.45, 7) is 7.75. The molecule has 1 saturated heterocycles. The van der Waals surface area contributed by atoms with Gasteiger partial charge in [-0.25, -0.2) is 9.97 Å². The Bertz CT molecular complexity index is 424. The van der Waals surface area contributed by atoms with Crippen molar-refractivity contribution in [3.8, 4) is 0 Å². The molecule has 2 heterocycles. The van der Waals surface area contributed by atoms with Gasteiger partial charge in [0.05, 0.1) is 0 Å². The number of hydrogen-bond acceptors (Lipinski definition) is 5. The van der Waals surface area contributed by atoms with Crippen LogP contribution >= 0.6 is 0 Å². The fourth-order valence-electron chi connectivity index (χ4n) is 2.51. The van der Waals surface area contributed by atoms with Gasteiger partial charge in [0.2, 0.25) is 0 Å². The molecule has 0 amide bonds. The van der Waals surface area contributed by atoms with Crippen molar-refractivity contribution in [3.63, 3.8) is 0 Å². The summed E-state index contributed by atoms with van der Waals surface area (Å²) in [6.07, 6.45) is 4.08. The van der Waals surface area contributed by atoms with Crippen LogP contribution in [0.4, 0.5) is 11.6 Å². The average Bonchev–Trinajstić information content (AvgIpc) is 2.41. The number of nitrogens with zero attached hydrogens (tertiary/aromatic N) is 3. The molecule has 0 aromatic carbocycles. The lowest BCUT2D eigenvalue weighted by molar-refractivity contribution is 0.150. The molecule has 0 bridgehead atoms. The minimum atomic E-state index is 0.365. The summed E-state index contributed by atoms with van der Waals surface area (Å²) in [5.41, 5.74) is 1.45. The zero-order valence-corrected chi connectivity index (χ0v) is 12.5. The average molecular weight is 263 g/mol. The summed E-state index contributed by atoms with van der Waals surface area (Å²) < 4.78 is 0. The maximum Gasteiger partial charge on any atom is 0.134 e. The topological polar surface area (TPSA) is 53.1 Å². The Kier molecular flexibility index (Phi) is 4.24. The summed E-state index contributed by atoms with van der Waals surface area (Å²) in [4.78, 5) is 11.0. The van der Waals surface area contributed by atoms with Gasteiger partial charge in [-0.05, 0) is 45.3 Å². The lowest BCUT2D eigenvalue weighted by Gasteiger charge is -2.38. The number of piperidine rings is 1. The van der Waals surface area contributed by atoms with Crippen molar-refractivity contribution in [3.05, 3.63) is 11.9 Å². The Morgan fingerprint density at radius 2 is 1.89 bits per heavy atom. The van der Waals surface area contributed by atoms with Crippen molar-refractivity contribution in [1.29, 1.82) is 0 Å². The molecule has 2 rings (SSSR count). The minimum Gasteiger partial charge on any atom is -0.373 e. The first kappa shape index (κ1) is 14.1. The van der Waals surface area contributed by atoms with E-state index >= 15 is 0 Å². The smallest absolute Gasteiger partial charge is 0.134 e. The third-order valence-electron chi connectivity index (χ3n) is 4.20. The van der Waals surface area contributed by atoms with Crippen LogP contribution in [0.15, 0.2) is 6.33 Å². The van der Waals surface area contributed by atoms with Crippen LogP contribution in [-0.4, -0.2) is 48.6 Å². The quantitative estimate of drug-likeness (QED) is 0.870. The van der Waals surface area contributed by atoms with Gasteiger partial charge in [-0.3, -0.25) is 0 Å². The van der Waals surface area contributed by atoms with E-state index in [1.165, 1.54) is 25.9 Å². The first-order valence-corrected chi connectivity index (χ1v) is 6.96. The zero-order chi connectivity index (χ0) is 13.9. The molecule has 0 aliphatic carbocycles. The number of anilines is 2. The molecule has 5 heteroatoms. The molecule has 0 radical (unpaired) electrons. The summed E-state index contributed by atoms with van der Waals surface area (Å²) in [5, 5.41) is 6.59. The first-order valence-electron chi connectivity index (χ1n) is 6.96. The van der Waals surface area contributed by atoms with E-state index < -0.39 is 0 Å². The standard InChI is InChI=1S/C14H25N5/c1-11-12(15-3)17-10-18-13(11)16-9-14(2)5-7-19(4)8-6-14/h10H,5-9H2,1-4H3,(H2,15,16,17,18).